The molecule has 1 unspecified atom stereocenters. The summed E-state index contributed by atoms with van der Waals surface area (Å²) in [4.78, 5) is 24.7. The van der Waals surface area contributed by atoms with Gasteiger partial charge >= 0.3 is 0 Å². The third kappa shape index (κ3) is 3.57. The van der Waals surface area contributed by atoms with Gasteiger partial charge in [-0.15, -0.1) is 0 Å². The summed E-state index contributed by atoms with van der Waals surface area (Å²) in [5.41, 5.74) is 6.15. The number of benzene rings is 1. The van der Waals surface area contributed by atoms with E-state index in [1.54, 1.807) is 24.3 Å². The zero-order chi connectivity index (χ0) is 14.5. The SMILES string of the molecule is C[C@@H]1CCCC[NH+]1CC(=O)Nc1ccccc1C(N)=O. The predicted molar refractivity (Wildman–Crippen MR) is 77.6 cm³/mol. The lowest BCUT2D eigenvalue weighted by Gasteiger charge is -2.29. The Kier molecular flexibility index (Phi) is 4.74. The molecule has 0 aliphatic carbocycles. The Morgan fingerprint density at radius 2 is 2.10 bits per heavy atom. The number of piperidine rings is 1. The molecule has 2 amide bonds. The standard InChI is InChI=1S/C15H21N3O2/c1-11-6-4-5-9-18(11)10-14(19)17-13-8-3-2-7-12(13)15(16)20/h2-3,7-8,11H,4-6,9-10H2,1H3,(H2,16,20)(H,17,19)/p+1/t11-/m1/s1. The molecule has 0 aromatic heterocycles. The first-order valence-electron chi connectivity index (χ1n) is 7.11. The van der Waals surface area contributed by atoms with Crippen molar-refractivity contribution in [3.63, 3.8) is 0 Å². The number of nitrogens with two attached hydrogens (primary N) is 1. The van der Waals surface area contributed by atoms with Crippen LogP contribution in [0.2, 0.25) is 0 Å². The molecular formula is C15H22N3O2+. The van der Waals surface area contributed by atoms with Gasteiger partial charge in [0.05, 0.1) is 23.8 Å². The zero-order valence-corrected chi connectivity index (χ0v) is 11.8. The van der Waals surface area contributed by atoms with Gasteiger partial charge in [0.1, 0.15) is 0 Å². The van der Waals surface area contributed by atoms with Crippen LogP contribution in [-0.4, -0.2) is 30.9 Å². The number of anilines is 1. The summed E-state index contributed by atoms with van der Waals surface area (Å²) >= 11 is 0. The van der Waals surface area contributed by atoms with Gasteiger partial charge in [0.2, 0.25) is 0 Å². The molecule has 0 radical (unpaired) electrons. The van der Waals surface area contributed by atoms with E-state index in [1.165, 1.54) is 24.2 Å². The summed E-state index contributed by atoms with van der Waals surface area (Å²) in [6, 6.07) is 7.34. The summed E-state index contributed by atoms with van der Waals surface area (Å²) in [5.74, 6) is -0.595. The molecule has 2 atom stereocenters. The van der Waals surface area contributed by atoms with Gasteiger partial charge in [-0.05, 0) is 38.3 Å². The van der Waals surface area contributed by atoms with Gasteiger partial charge in [0.15, 0.2) is 6.54 Å². The first-order chi connectivity index (χ1) is 9.58. The van der Waals surface area contributed by atoms with Crippen LogP contribution < -0.4 is 16.0 Å². The second-order valence-electron chi connectivity index (χ2n) is 5.44. The number of para-hydroxylation sites is 1. The van der Waals surface area contributed by atoms with Crippen molar-refractivity contribution in [1.29, 1.82) is 0 Å². The Morgan fingerprint density at radius 1 is 1.35 bits per heavy atom. The van der Waals surface area contributed by atoms with E-state index in [0.717, 1.165) is 6.54 Å². The maximum Gasteiger partial charge on any atom is 0.279 e. The Labute approximate surface area is 119 Å². The number of carbonyl (C=O) groups excluding carboxylic acids is 2. The molecule has 108 valence electrons. The second-order valence-corrected chi connectivity index (χ2v) is 5.44. The molecule has 2 rings (SSSR count). The minimum atomic E-state index is -0.528. The number of quaternary nitrogens is 1. The highest BCUT2D eigenvalue weighted by molar-refractivity contribution is 6.03. The molecule has 0 spiro atoms. The fourth-order valence-electron chi connectivity index (χ4n) is 2.72. The highest BCUT2D eigenvalue weighted by Crippen LogP contribution is 2.13. The molecule has 4 N–H and O–H groups in total. The Hall–Kier alpha value is -1.88. The lowest BCUT2D eigenvalue weighted by atomic mass is 10.0. The molecule has 5 heteroatoms. The van der Waals surface area contributed by atoms with E-state index >= 15 is 0 Å². The van der Waals surface area contributed by atoms with Gasteiger partial charge in [0, 0.05) is 0 Å². The van der Waals surface area contributed by atoms with Crippen LogP contribution in [0.4, 0.5) is 5.69 Å². The molecular weight excluding hydrogens is 254 g/mol. The van der Waals surface area contributed by atoms with Crippen molar-refractivity contribution in [2.45, 2.75) is 32.2 Å². The van der Waals surface area contributed by atoms with Crippen molar-refractivity contribution >= 4 is 17.5 Å². The number of rotatable bonds is 4. The Balaban J connectivity index is 1.99. The normalized spacial score (nSPS) is 22.2. The van der Waals surface area contributed by atoms with E-state index in [4.69, 9.17) is 5.73 Å². The van der Waals surface area contributed by atoms with Crippen LogP contribution in [0.25, 0.3) is 0 Å². The summed E-state index contributed by atoms with van der Waals surface area (Å²) < 4.78 is 0. The fraction of sp³-hybridized carbons (Fsp3) is 0.467. The largest absolute Gasteiger partial charge is 0.366 e. The molecule has 1 aromatic carbocycles. The highest BCUT2D eigenvalue weighted by Gasteiger charge is 2.24. The third-order valence-corrected chi connectivity index (χ3v) is 3.94. The Morgan fingerprint density at radius 3 is 2.80 bits per heavy atom. The van der Waals surface area contributed by atoms with Crippen molar-refractivity contribution in [2.24, 2.45) is 5.73 Å². The molecule has 0 saturated carbocycles. The van der Waals surface area contributed by atoms with Crippen LogP contribution in [0.15, 0.2) is 24.3 Å². The molecule has 1 aliphatic rings. The lowest BCUT2D eigenvalue weighted by Crippen LogP contribution is -3.17. The van der Waals surface area contributed by atoms with Crippen LogP contribution in [-0.2, 0) is 4.79 Å². The van der Waals surface area contributed by atoms with E-state index in [0.29, 0.717) is 23.8 Å². The zero-order valence-electron chi connectivity index (χ0n) is 11.8. The van der Waals surface area contributed by atoms with Gasteiger partial charge in [-0.25, -0.2) is 0 Å². The minimum absolute atomic E-state index is 0.0672. The molecule has 1 saturated heterocycles. The molecule has 1 aromatic rings. The van der Waals surface area contributed by atoms with E-state index in [9.17, 15) is 9.59 Å². The topological polar surface area (TPSA) is 76.6 Å². The van der Waals surface area contributed by atoms with Crippen molar-refractivity contribution in [2.75, 3.05) is 18.4 Å². The predicted octanol–water partition coefficient (Wildman–Crippen LogP) is 0.181. The van der Waals surface area contributed by atoms with E-state index in [1.807, 2.05) is 0 Å². The van der Waals surface area contributed by atoms with Gasteiger partial charge < -0.3 is 16.0 Å². The number of primary amides is 1. The summed E-state index contributed by atoms with van der Waals surface area (Å²) in [5, 5.41) is 2.80. The van der Waals surface area contributed by atoms with Crippen molar-refractivity contribution in [3.05, 3.63) is 29.8 Å². The number of likely N-dealkylation sites (tertiary alicyclic amines) is 1. The number of hydrogen-bond acceptors (Lipinski definition) is 2. The van der Waals surface area contributed by atoms with Crippen molar-refractivity contribution in [1.82, 2.24) is 0 Å². The number of carbonyl (C=O) groups is 2. The second kappa shape index (κ2) is 6.52. The monoisotopic (exact) mass is 276 g/mol. The molecule has 5 nitrogen and oxygen atoms in total. The molecule has 1 aliphatic heterocycles. The Bertz CT molecular complexity index is 502. The third-order valence-electron chi connectivity index (χ3n) is 3.94. The summed E-state index contributed by atoms with van der Waals surface area (Å²) in [6.45, 7) is 3.65. The average Bonchev–Trinajstić information content (AvgIpc) is 2.41. The van der Waals surface area contributed by atoms with Crippen molar-refractivity contribution in [3.8, 4) is 0 Å². The van der Waals surface area contributed by atoms with Crippen LogP contribution >= 0.6 is 0 Å². The first kappa shape index (κ1) is 14.5. The molecule has 20 heavy (non-hydrogen) atoms. The number of hydrogen-bond donors (Lipinski definition) is 3. The van der Waals surface area contributed by atoms with Crippen LogP contribution in [0.5, 0.6) is 0 Å². The lowest BCUT2D eigenvalue weighted by molar-refractivity contribution is -0.920. The van der Waals surface area contributed by atoms with Gasteiger partial charge in [-0.2, -0.15) is 0 Å². The minimum Gasteiger partial charge on any atom is -0.366 e. The maximum absolute atomic E-state index is 12.1. The van der Waals surface area contributed by atoms with Crippen LogP contribution in [0.3, 0.4) is 0 Å². The maximum atomic E-state index is 12.1. The quantitative estimate of drug-likeness (QED) is 0.734. The molecule has 0 bridgehead atoms. The fourth-order valence-corrected chi connectivity index (χ4v) is 2.72. The molecule has 1 fully saturated rings. The average molecular weight is 276 g/mol. The molecule has 1 heterocycles. The van der Waals surface area contributed by atoms with Crippen LogP contribution in [0, 0.1) is 0 Å². The summed E-state index contributed by atoms with van der Waals surface area (Å²) in [6.07, 6.45) is 3.59. The van der Waals surface area contributed by atoms with E-state index in [2.05, 4.69) is 12.2 Å². The smallest absolute Gasteiger partial charge is 0.279 e. The highest BCUT2D eigenvalue weighted by atomic mass is 16.2. The summed E-state index contributed by atoms with van der Waals surface area (Å²) in [7, 11) is 0. The van der Waals surface area contributed by atoms with E-state index < -0.39 is 5.91 Å². The van der Waals surface area contributed by atoms with Gasteiger partial charge in [-0.1, -0.05) is 12.1 Å². The first-order valence-corrected chi connectivity index (χ1v) is 7.11. The van der Waals surface area contributed by atoms with Crippen LogP contribution in [0.1, 0.15) is 36.5 Å². The number of nitrogens with one attached hydrogen (secondary N) is 2. The van der Waals surface area contributed by atoms with E-state index in [-0.39, 0.29) is 5.91 Å². The van der Waals surface area contributed by atoms with Crippen molar-refractivity contribution < 1.29 is 14.5 Å². The number of amides is 2. The van der Waals surface area contributed by atoms with Gasteiger partial charge in [-0.3, -0.25) is 9.59 Å². The van der Waals surface area contributed by atoms with Gasteiger partial charge in [0.25, 0.3) is 11.8 Å².